The fourth-order valence-corrected chi connectivity index (χ4v) is 3.09. The van der Waals surface area contributed by atoms with Crippen LogP contribution in [0.4, 0.5) is 0 Å². The normalized spacial score (nSPS) is 22.1. The van der Waals surface area contributed by atoms with Crippen molar-refractivity contribution in [3.8, 4) is 0 Å². The summed E-state index contributed by atoms with van der Waals surface area (Å²) in [5.74, 6) is 0.742. The predicted molar refractivity (Wildman–Crippen MR) is 83.8 cm³/mol. The zero-order chi connectivity index (χ0) is 14.5. The first-order valence-corrected chi connectivity index (χ1v) is 8.19. The van der Waals surface area contributed by atoms with E-state index in [-0.39, 0.29) is 0 Å². The van der Waals surface area contributed by atoms with Crippen molar-refractivity contribution in [3.05, 3.63) is 17.5 Å². The monoisotopic (exact) mass is 278 g/mol. The molecule has 0 radical (unpaired) electrons. The topological polar surface area (TPSA) is 33.1 Å². The largest absolute Gasteiger partial charge is 0.314 e. The third kappa shape index (κ3) is 3.41. The second-order valence-electron chi connectivity index (χ2n) is 5.92. The first-order chi connectivity index (χ1) is 9.69. The summed E-state index contributed by atoms with van der Waals surface area (Å²) in [4.78, 5) is 2.65. The fraction of sp³-hybridized carbons (Fsp3) is 0.812. The Bertz CT molecular complexity index is 413. The summed E-state index contributed by atoms with van der Waals surface area (Å²) in [6, 6.07) is 2.94. The van der Waals surface area contributed by atoms with Gasteiger partial charge in [-0.25, -0.2) is 0 Å². The van der Waals surface area contributed by atoms with Crippen molar-refractivity contribution in [2.75, 3.05) is 19.6 Å². The minimum atomic E-state index is 0.652. The Balaban J connectivity index is 2.11. The Kier molecular flexibility index (Phi) is 5.61. The van der Waals surface area contributed by atoms with Gasteiger partial charge in [0, 0.05) is 38.8 Å². The summed E-state index contributed by atoms with van der Waals surface area (Å²) in [5.41, 5.74) is 2.59. The average Bonchev–Trinajstić information content (AvgIpc) is 2.89. The number of aromatic nitrogens is 2. The molecule has 0 spiro atoms. The van der Waals surface area contributed by atoms with Crippen molar-refractivity contribution < 1.29 is 0 Å². The second-order valence-corrected chi connectivity index (χ2v) is 5.92. The van der Waals surface area contributed by atoms with Gasteiger partial charge in [0.2, 0.25) is 0 Å². The maximum absolute atomic E-state index is 4.68. The van der Waals surface area contributed by atoms with E-state index in [1.54, 1.807) is 0 Å². The van der Waals surface area contributed by atoms with Crippen LogP contribution in [0.2, 0.25) is 0 Å². The minimum absolute atomic E-state index is 0.652. The molecule has 1 aliphatic rings. The first-order valence-electron chi connectivity index (χ1n) is 8.19. The Morgan fingerprint density at radius 2 is 2.20 bits per heavy atom. The Hall–Kier alpha value is -0.870. The molecule has 1 saturated heterocycles. The quantitative estimate of drug-likeness (QED) is 0.866. The number of hydrogen-bond acceptors (Lipinski definition) is 3. The third-order valence-electron chi connectivity index (χ3n) is 4.64. The van der Waals surface area contributed by atoms with Crippen LogP contribution in [0.1, 0.15) is 45.5 Å². The van der Waals surface area contributed by atoms with Gasteiger partial charge in [0.25, 0.3) is 0 Å². The highest BCUT2D eigenvalue weighted by Gasteiger charge is 2.27. The first kappa shape index (κ1) is 15.5. The lowest BCUT2D eigenvalue weighted by molar-refractivity contribution is 0.106. The van der Waals surface area contributed by atoms with Crippen LogP contribution < -0.4 is 5.32 Å². The lowest BCUT2D eigenvalue weighted by Crippen LogP contribution is -2.53. The van der Waals surface area contributed by atoms with Crippen LogP contribution in [-0.4, -0.2) is 40.4 Å². The second kappa shape index (κ2) is 7.23. The van der Waals surface area contributed by atoms with E-state index >= 15 is 0 Å². The van der Waals surface area contributed by atoms with Gasteiger partial charge in [-0.15, -0.1) is 0 Å². The number of hydrogen-bond donors (Lipinski definition) is 1. The SMILES string of the molecule is CCc1cc(CN2CCNCC2C(C)CC)n(CC)n1. The Labute approximate surface area is 123 Å². The van der Waals surface area contributed by atoms with Crippen LogP contribution in [-0.2, 0) is 19.5 Å². The van der Waals surface area contributed by atoms with Gasteiger partial charge in [0.05, 0.1) is 11.4 Å². The molecule has 1 aromatic heterocycles. The molecule has 1 fully saturated rings. The molecule has 4 heteroatoms. The summed E-state index contributed by atoms with van der Waals surface area (Å²) in [6.07, 6.45) is 2.27. The summed E-state index contributed by atoms with van der Waals surface area (Å²) < 4.78 is 2.18. The van der Waals surface area contributed by atoms with Gasteiger partial charge in [-0.2, -0.15) is 5.10 Å². The van der Waals surface area contributed by atoms with E-state index in [2.05, 4.69) is 53.8 Å². The molecule has 2 unspecified atom stereocenters. The molecule has 1 aliphatic heterocycles. The molecule has 2 rings (SSSR count). The van der Waals surface area contributed by atoms with Crippen LogP contribution in [0.25, 0.3) is 0 Å². The molecule has 4 nitrogen and oxygen atoms in total. The van der Waals surface area contributed by atoms with Gasteiger partial charge >= 0.3 is 0 Å². The van der Waals surface area contributed by atoms with Crippen LogP contribution in [0.5, 0.6) is 0 Å². The highest BCUT2D eigenvalue weighted by molar-refractivity contribution is 5.11. The molecular weight excluding hydrogens is 248 g/mol. The van der Waals surface area contributed by atoms with Crippen LogP contribution in [0, 0.1) is 5.92 Å². The maximum atomic E-state index is 4.68. The number of aryl methyl sites for hydroxylation is 2. The van der Waals surface area contributed by atoms with Gasteiger partial charge in [-0.05, 0) is 25.3 Å². The summed E-state index contributed by atoms with van der Waals surface area (Å²) in [7, 11) is 0. The number of nitrogens with zero attached hydrogens (tertiary/aromatic N) is 3. The van der Waals surface area contributed by atoms with E-state index in [0.717, 1.165) is 45.1 Å². The van der Waals surface area contributed by atoms with E-state index in [4.69, 9.17) is 0 Å². The van der Waals surface area contributed by atoms with E-state index < -0.39 is 0 Å². The maximum Gasteiger partial charge on any atom is 0.0625 e. The predicted octanol–water partition coefficient (Wildman–Crippen LogP) is 2.29. The van der Waals surface area contributed by atoms with E-state index in [1.807, 2.05) is 0 Å². The number of rotatable bonds is 6. The van der Waals surface area contributed by atoms with E-state index in [0.29, 0.717) is 6.04 Å². The van der Waals surface area contributed by atoms with E-state index in [1.165, 1.54) is 17.8 Å². The van der Waals surface area contributed by atoms with Crippen molar-refractivity contribution in [2.45, 2.75) is 59.7 Å². The van der Waals surface area contributed by atoms with Crippen molar-refractivity contribution >= 4 is 0 Å². The molecule has 1 aromatic rings. The van der Waals surface area contributed by atoms with Gasteiger partial charge in [-0.3, -0.25) is 9.58 Å². The van der Waals surface area contributed by atoms with Gasteiger partial charge < -0.3 is 5.32 Å². The summed E-state index contributed by atoms with van der Waals surface area (Å²) >= 11 is 0. The standard InChI is InChI=1S/C16H30N4/c1-5-13(4)16-11-17-8-9-19(16)12-15-10-14(6-2)18-20(15)7-3/h10,13,16-17H,5-9,11-12H2,1-4H3. The zero-order valence-electron chi connectivity index (χ0n) is 13.5. The van der Waals surface area contributed by atoms with Crippen molar-refractivity contribution in [1.82, 2.24) is 20.0 Å². The molecular formula is C16H30N4. The Morgan fingerprint density at radius 3 is 2.85 bits per heavy atom. The van der Waals surface area contributed by atoms with Crippen LogP contribution >= 0.6 is 0 Å². The van der Waals surface area contributed by atoms with Crippen LogP contribution in [0.15, 0.2) is 6.07 Å². The van der Waals surface area contributed by atoms with Crippen molar-refractivity contribution in [2.24, 2.45) is 5.92 Å². The number of piperazine rings is 1. The zero-order valence-corrected chi connectivity index (χ0v) is 13.5. The molecule has 0 aromatic carbocycles. The van der Waals surface area contributed by atoms with Gasteiger partial charge in [0.15, 0.2) is 0 Å². The lowest BCUT2D eigenvalue weighted by Gasteiger charge is -2.39. The minimum Gasteiger partial charge on any atom is -0.314 e. The van der Waals surface area contributed by atoms with Gasteiger partial charge in [0.1, 0.15) is 0 Å². The van der Waals surface area contributed by atoms with Gasteiger partial charge in [-0.1, -0.05) is 27.2 Å². The number of nitrogens with one attached hydrogen (secondary N) is 1. The molecule has 1 N–H and O–H groups in total. The average molecular weight is 278 g/mol. The highest BCUT2D eigenvalue weighted by Crippen LogP contribution is 2.19. The summed E-state index contributed by atoms with van der Waals surface area (Å²) in [6.45, 7) is 14.4. The molecule has 0 aliphatic carbocycles. The third-order valence-corrected chi connectivity index (χ3v) is 4.64. The molecule has 2 atom stereocenters. The summed E-state index contributed by atoms with van der Waals surface area (Å²) in [5, 5.41) is 8.22. The van der Waals surface area contributed by atoms with Crippen LogP contribution in [0.3, 0.4) is 0 Å². The molecule has 0 bridgehead atoms. The lowest BCUT2D eigenvalue weighted by atomic mass is 9.96. The Morgan fingerprint density at radius 1 is 1.40 bits per heavy atom. The van der Waals surface area contributed by atoms with Crippen molar-refractivity contribution in [3.63, 3.8) is 0 Å². The van der Waals surface area contributed by atoms with Crippen molar-refractivity contribution in [1.29, 1.82) is 0 Å². The smallest absolute Gasteiger partial charge is 0.0625 e. The van der Waals surface area contributed by atoms with E-state index in [9.17, 15) is 0 Å². The molecule has 0 saturated carbocycles. The molecule has 2 heterocycles. The fourth-order valence-electron chi connectivity index (χ4n) is 3.09. The molecule has 20 heavy (non-hydrogen) atoms. The molecule has 0 amide bonds. The highest BCUT2D eigenvalue weighted by atomic mass is 15.3. The molecule has 114 valence electrons.